The van der Waals surface area contributed by atoms with Crippen LogP contribution >= 0.6 is 11.3 Å². The first-order valence-electron chi connectivity index (χ1n) is 23.2. The molecule has 0 saturated carbocycles. The molecule has 0 spiro atoms. The van der Waals surface area contributed by atoms with E-state index in [4.69, 9.17) is 4.42 Å². The number of furan rings is 1. The third-order valence-corrected chi connectivity index (χ3v) is 14.9. The molecule has 0 amide bonds. The van der Waals surface area contributed by atoms with Gasteiger partial charge < -0.3 is 13.9 Å². The van der Waals surface area contributed by atoms with Crippen LogP contribution in [0.4, 0.5) is 17.1 Å². The maximum absolute atomic E-state index is 6.94. The van der Waals surface area contributed by atoms with Gasteiger partial charge in [0.25, 0.3) is 0 Å². The van der Waals surface area contributed by atoms with Gasteiger partial charge in [0.15, 0.2) is 0 Å². The van der Waals surface area contributed by atoms with Gasteiger partial charge in [-0.15, -0.1) is 11.3 Å². The van der Waals surface area contributed by atoms with E-state index >= 15 is 0 Å². The molecule has 0 bridgehead atoms. The Balaban J connectivity index is 1.00. The largest absolute Gasteiger partial charge is 0.455 e. The molecule has 0 atom stereocenters. The van der Waals surface area contributed by atoms with Gasteiger partial charge in [0, 0.05) is 69.9 Å². The third-order valence-electron chi connectivity index (χ3n) is 13.8. The number of nitrogens with zero attached hydrogens (tertiary/aromatic N) is 2. The van der Waals surface area contributed by atoms with Crippen molar-refractivity contribution in [1.29, 1.82) is 0 Å². The van der Waals surface area contributed by atoms with E-state index in [2.05, 4.69) is 252 Å². The van der Waals surface area contributed by atoms with Crippen molar-refractivity contribution in [2.45, 2.75) is 0 Å². The van der Waals surface area contributed by atoms with Crippen molar-refractivity contribution in [1.82, 2.24) is 4.57 Å². The topological polar surface area (TPSA) is 21.3 Å². The minimum Gasteiger partial charge on any atom is -0.455 e. The molecule has 0 aliphatic rings. The number of fused-ring (bicyclic) bond motifs is 10. The van der Waals surface area contributed by atoms with Crippen LogP contribution in [-0.4, -0.2) is 4.57 Å². The number of thiophene rings is 1. The summed E-state index contributed by atoms with van der Waals surface area (Å²) in [4.78, 5) is 2.42. The van der Waals surface area contributed by atoms with Gasteiger partial charge in [0.05, 0.1) is 16.7 Å². The normalized spacial score (nSPS) is 11.8. The summed E-state index contributed by atoms with van der Waals surface area (Å²) in [6.45, 7) is 0. The Hall–Kier alpha value is -8.70. The number of hydrogen-bond donors (Lipinski definition) is 0. The summed E-state index contributed by atoms with van der Waals surface area (Å²) >= 11 is 1.85. The second-order valence-corrected chi connectivity index (χ2v) is 18.7. The van der Waals surface area contributed by atoms with Crippen molar-refractivity contribution in [3.63, 3.8) is 0 Å². The van der Waals surface area contributed by atoms with Crippen LogP contribution in [0.2, 0.25) is 0 Å². The zero-order valence-electron chi connectivity index (χ0n) is 36.8. The molecule has 14 rings (SSSR count). The highest BCUT2D eigenvalue weighted by Crippen LogP contribution is 2.47. The summed E-state index contributed by atoms with van der Waals surface area (Å²) < 4.78 is 12.0. The number of hydrogen-bond acceptors (Lipinski definition) is 3. The second-order valence-electron chi connectivity index (χ2n) is 17.6. The molecule has 0 saturated heterocycles. The molecule has 0 aliphatic carbocycles. The molecule has 318 valence electrons. The Morgan fingerprint density at radius 3 is 1.81 bits per heavy atom. The maximum Gasteiger partial charge on any atom is 0.143 e. The van der Waals surface area contributed by atoms with E-state index in [0.29, 0.717) is 0 Å². The minimum atomic E-state index is 0.860. The Bertz CT molecular complexity index is 4230. The fraction of sp³-hybridized carbons (Fsp3) is 0. The van der Waals surface area contributed by atoms with E-state index in [-0.39, 0.29) is 0 Å². The number of anilines is 3. The van der Waals surface area contributed by atoms with Crippen LogP contribution in [0.15, 0.2) is 247 Å². The van der Waals surface area contributed by atoms with Gasteiger partial charge in [0.1, 0.15) is 11.2 Å². The highest BCUT2D eigenvalue weighted by molar-refractivity contribution is 7.25. The summed E-state index contributed by atoms with van der Waals surface area (Å²) in [5.74, 6) is 0. The molecule has 0 unspecified atom stereocenters. The van der Waals surface area contributed by atoms with E-state index in [1.54, 1.807) is 0 Å². The van der Waals surface area contributed by atoms with Crippen LogP contribution in [0.25, 0.3) is 114 Å². The molecule has 4 heteroatoms. The summed E-state index contributed by atoms with van der Waals surface area (Å²) in [6.07, 6.45) is 0. The van der Waals surface area contributed by atoms with Gasteiger partial charge in [-0.3, -0.25) is 0 Å². The van der Waals surface area contributed by atoms with Gasteiger partial charge in [-0.25, -0.2) is 0 Å². The molecular weight excluding hydrogens is 845 g/mol. The van der Waals surface area contributed by atoms with Crippen molar-refractivity contribution in [3.8, 4) is 39.1 Å². The van der Waals surface area contributed by atoms with E-state index < -0.39 is 0 Å². The van der Waals surface area contributed by atoms with Gasteiger partial charge in [-0.05, 0) is 112 Å². The fourth-order valence-corrected chi connectivity index (χ4v) is 11.8. The van der Waals surface area contributed by atoms with Crippen molar-refractivity contribution >= 4 is 103 Å². The molecule has 0 N–H and O–H groups in total. The number of benzene rings is 11. The number of rotatable bonds is 7. The molecular formula is C64H40N2OS. The third kappa shape index (κ3) is 6.12. The summed E-state index contributed by atoms with van der Waals surface area (Å²) in [6, 6.07) is 88.3. The van der Waals surface area contributed by atoms with Crippen LogP contribution in [0.3, 0.4) is 0 Å². The summed E-state index contributed by atoms with van der Waals surface area (Å²) in [7, 11) is 0. The Labute approximate surface area is 396 Å². The lowest BCUT2D eigenvalue weighted by molar-refractivity contribution is 0.670. The van der Waals surface area contributed by atoms with Gasteiger partial charge in [-0.1, -0.05) is 164 Å². The monoisotopic (exact) mass is 884 g/mol. The Kier molecular flexibility index (Phi) is 8.76. The maximum atomic E-state index is 6.94. The Morgan fingerprint density at radius 1 is 0.338 bits per heavy atom. The first-order chi connectivity index (χ1) is 33.7. The predicted molar refractivity (Wildman–Crippen MR) is 289 cm³/mol. The first kappa shape index (κ1) is 38.6. The molecule has 0 radical (unpaired) electrons. The number of para-hydroxylation sites is 4. The average molecular weight is 885 g/mol. The summed E-state index contributed by atoms with van der Waals surface area (Å²) in [5.41, 5.74) is 15.1. The van der Waals surface area contributed by atoms with Crippen molar-refractivity contribution in [3.05, 3.63) is 243 Å². The first-order valence-corrected chi connectivity index (χ1v) is 24.0. The molecule has 3 aromatic heterocycles. The summed E-state index contributed by atoms with van der Waals surface area (Å²) in [5, 5.41) is 9.65. The molecule has 14 aromatic rings. The molecule has 3 heterocycles. The number of aromatic nitrogens is 1. The van der Waals surface area contributed by atoms with Gasteiger partial charge in [-0.2, -0.15) is 0 Å². The van der Waals surface area contributed by atoms with Crippen LogP contribution in [0, 0.1) is 0 Å². The van der Waals surface area contributed by atoms with Crippen molar-refractivity contribution in [2.24, 2.45) is 0 Å². The molecule has 11 aromatic carbocycles. The van der Waals surface area contributed by atoms with Crippen LogP contribution < -0.4 is 4.90 Å². The smallest absolute Gasteiger partial charge is 0.143 e. The lowest BCUT2D eigenvalue weighted by Gasteiger charge is -2.27. The van der Waals surface area contributed by atoms with Crippen molar-refractivity contribution < 1.29 is 4.42 Å². The molecule has 3 nitrogen and oxygen atoms in total. The predicted octanol–water partition coefficient (Wildman–Crippen LogP) is 18.7. The van der Waals surface area contributed by atoms with Gasteiger partial charge in [0.2, 0.25) is 0 Å². The Morgan fingerprint density at radius 2 is 0.971 bits per heavy atom. The lowest BCUT2D eigenvalue weighted by Crippen LogP contribution is -2.10. The minimum absolute atomic E-state index is 0.860. The van der Waals surface area contributed by atoms with E-state index in [1.807, 2.05) is 11.3 Å². The standard InChI is InChI=1S/C64H40N2OS/c1-2-19-48-42(15-1)16-14-25-49(48)44-17-13-18-46(37-44)65(45-34-31-41(32-35-45)43-33-36-63-55(38-43)54-24-7-12-30-62(54)68-63)47-39-56(64-57(40-47)53-23-6-11-29-61(53)67-64)52-22-5-10-28-60(52)66-58-26-8-3-20-50(58)51-21-4-9-27-59(51)66/h1-40H. The van der Waals surface area contributed by atoms with Crippen molar-refractivity contribution in [2.75, 3.05) is 4.90 Å². The highest BCUT2D eigenvalue weighted by atomic mass is 32.1. The SMILES string of the molecule is c1cc(-c2cccc3ccccc23)cc(N(c2ccc(-c3ccc4sc5ccccc5c4c3)cc2)c2cc(-c3ccccc3-n3c4ccccc4c4ccccc43)c3oc4ccccc4c3c2)c1. The molecule has 0 aliphatic heterocycles. The van der Waals surface area contributed by atoms with Crippen LogP contribution in [0.5, 0.6) is 0 Å². The van der Waals surface area contributed by atoms with E-state index in [0.717, 1.165) is 72.4 Å². The zero-order valence-corrected chi connectivity index (χ0v) is 37.6. The van der Waals surface area contributed by atoms with Crippen LogP contribution in [-0.2, 0) is 0 Å². The highest BCUT2D eigenvalue weighted by Gasteiger charge is 2.23. The quantitative estimate of drug-likeness (QED) is 0.159. The lowest BCUT2D eigenvalue weighted by atomic mass is 9.96. The second kappa shape index (κ2) is 15.5. The van der Waals surface area contributed by atoms with Crippen LogP contribution in [0.1, 0.15) is 0 Å². The van der Waals surface area contributed by atoms with E-state index in [9.17, 15) is 0 Å². The van der Waals surface area contributed by atoms with Gasteiger partial charge >= 0.3 is 0 Å². The fourth-order valence-electron chi connectivity index (χ4n) is 10.7. The average Bonchev–Trinajstić information content (AvgIpc) is 4.08. The molecule has 0 fully saturated rings. The van der Waals surface area contributed by atoms with E-state index in [1.165, 1.54) is 58.4 Å². The molecule has 68 heavy (non-hydrogen) atoms. The zero-order chi connectivity index (χ0) is 44.7.